The molecule has 1 aliphatic heterocycles. The van der Waals surface area contributed by atoms with Crippen LogP contribution < -0.4 is 0 Å². The van der Waals surface area contributed by atoms with Gasteiger partial charge in [-0.25, -0.2) is 0 Å². The quantitative estimate of drug-likeness (QED) is 0.721. The lowest BCUT2D eigenvalue weighted by Gasteiger charge is -2.41. The third-order valence-electron chi connectivity index (χ3n) is 4.01. The van der Waals surface area contributed by atoms with Crippen LogP contribution in [0.3, 0.4) is 0 Å². The third kappa shape index (κ3) is 2.40. The third-order valence-corrected chi connectivity index (χ3v) is 5.46. The van der Waals surface area contributed by atoms with E-state index in [0.29, 0.717) is 5.41 Å². The SMILES string of the molecule is CC(C)(CBr)C1CCC2(CC1)OCCO2. The maximum absolute atomic E-state index is 5.74. The topological polar surface area (TPSA) is 18.5 Å². The number of alkyl halides is 1. The molecule has 1 aliphatic carbocycles. The molecule has 0 aromatic rings. The van der Waals surface area contributed by atoms with Gasteiger partial charge in [-0.1, -0.05) is 29.8 Å². The molecular formula is C12H21BrO2. The maximum Gasteiger partial charge on any atom is 0.168 e. The minimum atomic E-state index is -0.196. The normalized spacial score (nSPS) is 27.4. The summed E-state index contributed by atoms with van der Waals surface area (Å²) in [6.07, 6.45) is 4.62. The zero-order valence-electron chi connectivity index (χ0n) is 9.72. The fourth-order valence-electron chi connectivity index (χ4n) is 2.73. The van der Waals surface area contributed by atoms with Crippen molar-refractivity contribution < 1.29 is 9.47 Å². The average Bonchev–Trinajstić information content (AvgIpc) is 2.67. The lowest BCUT2D eigenvalue weighted by Crippen LogP contribution is -2.39. The predicted octanol–water partition coefficient (Wildman–Crippen LogP) is 3.34. The number of rotatable bonds is 2. The van der Waals surface area contributed by atoms with Gasteiger partial charge < -0.3 is 9.47 Å². The van der Waals surface area contributed by atoms with Crippen molar-refractivity contribution in [1.29, 1.82) is 0 Å². The first-order valence-electron chi connectivity index (χ1n) is 5.92. The number of halogens is 1. The van der Waals surface area contributed by atoms with Gasteiger partial charge in [0.2, 0.25) is 0 Å². The molecule has 0 bridgehead atoms. The van der Waals surface area contributed by atoms with Gasteiger partial charge in [0.1, 0.15) is 0 Å². The molecule has 15 heavy (non-hydrogen) atoms. The molecule has 0 N–H and O–H groups in total. The van der Waals surface area contributed by atoms with Crippen LogP contribution in [0.15, 0.2) is 0 Å². The van der Waals surface area contributed by atoms with Gasteiger partial charge in [0.05, 0.1) is 13.2 Å². The zero-order chi connectivity index (χ0) is 10.9. The van der Waals surface area contributed by atoms with E-state index in [1.165, 1.54) is 12.8 Å². The Kier molecular flexibility index (Phi) is 3.44. The Morgan fingerprint density at radius 3 is 2.20 bits per heavy atom. The molecule has 88 valence electrons. The van der Waals surface area contributed by atoms with E-state index in [1.54, 1.807) is 0 Å². The van der Waals surface area contributed by atoms with Crippen molar-refractivity contribution >= 4 is 15.9 Å². The van der Waals surface area contributed by atoms with E-state index in [0.717, 1.165) is 37.3 Å². The predicted molar refractivity (Wildman–Crippen MR) is 64.2 cm³/mol. The standard InChI is InChI=1S/C12H21BrO2/c1-11(2,9-13)10-3-5-12(6-4-10)14-7-8-15-12/h10H,3-9H2,1-2H3. The van der Waals surface area contributed by atoms with Gasteiger partial charge in [-0.05, 0) is 24.2 Å². The molecule has 0 atom stereocenters. The van der Waals surface area contributed by atoms with Gasteiger partial charge in [0.15, 0.2) is 5.79 Å². The van der Waals surface area contributed by atoms with Gasteiger partial charge >= 0.3 is 0 Å². The lowest BCUT2D eigenvalue weighted by molar-refractivity contribution is -0.186. The van der Waals surface area contributed by atoms with E-state index in [4.69, 9.17) is 9.47 Å². The lowest BCUT2D eigenvalue weighted by atomic mass is 9.71. The Bertz CT molecular complexity index is 212. The second-order valence-corrected chi connectivity index (χ2v) is 6.06. The van der Waals surface area contributed by atoms with E-state index in [1.807, 2.05) is 0 Å². The molecular weight excluding hydrogens is 256 g/mol. The Hall–Kier alpha value is 0.400. The molecule has 2 rings (SSSR count). The molecule has 1 saturated carbocycles. The van der Waals surface area contributed by atoms with Crippen molar-refractivity contribution in [3.63, 3.8) is 0 Å². The van der Waals surface area contributed by atoms with Gasteiger partial charge in [-0.2, -0.15) is 0 Å². The molecule has 0 aromatic heterocycles. The van der Waals surface area contributed by atoms with Gasteiger partial charge in [0, 0.05) is 18.2 Å². The summed E-state index contributed by atoms with van der Waals surface area (Å²) in [6.45, 7) is 6.26. The summed E-state index contributed by atoms with van der Waals surface area (Å²) >= 11 is 3.62. The van der Waals surface area contributed by atoms with Crippen LogP contribution in [0.1, 0.15) is 39.5 Å². The van der Waals surface area contributed by atoms with Crippen LogP contribution in [0.25, 0.3) is 0 Å². The van der Waals surface area contributed by atoms with E-state index in [9.17, 15) is 0 Å². The molecule has 2 nitrogen and oxygen atoms in total. The smallest absolute Gasteiger partial charge is 0.168 e. The van der Waals surface area contributed by atoms with Crippen LogP contribution >= 0.6 is 15.9 Å². The van der Waals surface area contributed by atoms with E-state index < -0.39 is 0 Å². The average molecular weight is 277 g/mol. The van der Waals surface area contributed by atoms with E-state index in [2.05, 4.69) is 29.8 Å². The highest BCUT2D eigenvalue weighted by molar-refractivity contribution is 9.09. The fourth-order valence-corrected chi connectivity index (χ4v) is 3.19. The summed E-state index contributed by atoms with van der Waals surface area (Å²) in [5.74, 6) is 0.606. The van der Waals surface area contributed by atoms with Crippen LogP contribution in [-0.2, 0) is 9.47 Å². The first-order chi connectivity index (χ1) is 7.08. The van der Waals surface area contributed by atoms with Crippen molar-refractivity contribution in [3.8, 4) is 0 Å². The maximum atomic E-state index is 5.74. The van der Waals surface area contributed by atoms with Gasteiger partial charge in [-0.3, -0.25) is 0 Å². The van der Waals surface area contributed by atoms with Crippen molar-refractivity contribution in [3.05, 3.63) is 0 Å². The molecule has 1 saturated heterocycles. The molecule has 3 heteroatoms. The first kappa shape index (κ1) is 11.9. The molecule has 0 amide bonds. The highest BCUT2D eigenvalue weighted by Crippen LogP contribution is 2.45. The first-order valence-corrected chi connectivity index (χ1v) is 7.04. The van der Waals surface area contributed by atoms with Gasteiger partial charge in [-0.15, -0.1) is 0 Å². The van der Waals surface area contributed by atoms with E-state index >= 15 is 0 Å². The highest BCUT2D eigenvalue weighted by Gasteiger charge is 2.43. The van der Waals surface area contributed by atoms with Crippen molar-refractivity contribution in [2.75, 3.05) is 18.5 Å². The fraction of sp³-hybridized carbons (Fsp3) is 1.00. The summed E-state index contributed by atoms with van der Waals surface area (Å²) in [5.41, 5.74) is 0.403. The molecule has 1 heterocycles. The Morgan fingerprint density at radius 1 is 1.20 bits per heavy atom. The van der Waals surface area contributed by atoms with Crippen LogP contribution in [0.4, 0.5) is 0 Å². The molecule has 1 spiro atoms. The largest absolute Gasteiger partial charge is 0.348 e. The minimum Gasteiger partial charge on any atom is -0.348 e. The van der Waals surface area contributed by atoms with Crippen molar-refractivity contribution in [2.24, 2.45) is 11.3 Å². The molecule has 0 unspecified atom stereocenters. The number of ether oxygens (including phenoxy) is 2. The monoisotopic (exact) mass is 276 g/mol. The second-order valence-electron chi connectivity index (χ2n) is 5.50. The molecule has 2 fully saturated rings. The molecule has 0 aromatic carbocycles. The van der Waals surface area contributed by atoms with Crippen molar-refractivity contribution in [1.82, 2.24) is 0 Å². The Balaban J connectivity index is 1.91. The van der Waals surface area contributed by atoms with Crippen LogP contribution in [0.2, 0.25) is 0 Å². The molecule has 2 aliphatic rings. The van der Waals surface area contributed by atoms with Crippen LogP contribution in [0.5, 0.6) is 0 Å². The van der Waals surface area contributed by atoms with Crippen LogP contribution in [0, 0.1) is 11.3 Å². The second kappa shape index (κ2) is 4.34. The minimum absolute atomic E-state index is 0.196. The summed E-state index contributed by atoms with van der Waals surface area (Å²) < 4.78 is 11.5. The summed E-state index contributed by atoms with van der Waals surface area (Å²) in [4.78, 5) is 0. The Labute approximate surface area is 101 Å². The van der Waals surface area contributed by atoms with Gasteiger partial charge in [0.25, 0.3) is 0 Å². The Morgan fingerprint density at radius 2 is 1.73 bits per heavy atom. The van der Waals surface area contributed by atoms with Crippen molar-refractivity contribution in [2.45, 2.75) is 45.3 Å². The van der Waals surface area contributed by atoms with Crippen LogP contribution in [-0.4, -0.2) is 24.3 Å². The number of hydrogen-bond donors (Lipinski definition) is 0. The number of hydrogen-bond acceptors (Lipinski definition) is 2. The zero-order valence-corrected chi connectivity index (χ0v) is 11.3. The summed E-state index contributed by atoms with van der Waals surface area (Å²) in [6, 6.07) is 0. The highest BCUT2D eigenvalue weighted by atomic mass is 79.9. The van der Waals surface area contributed by atoms with E-state index in [-0.39, 0.29) is 5.79 Å². The molecule has 0 radical (unpaired) electrons. The summed E-state index contributed by atoms with van der Waals surface area (Å²) in [7, 11) is 0. The summed E-state index contributed by atoms with van der Waals surface area (Å²) in [5, 5.41) is 1.08.